The van der Waals surface area contributed by atoms with Crippen molar-refractivity contribution in [3.8, 4) is 0 Å². The van der Waals surface area contributed by atoms with Crippen molar-refractivity contribution < 1.29 is 14.3 Å². The van der Waals surface area contributed by atoms with Crippen LogP contribution >= 0.6 is 22.9 Å². The fraction of sp³-hybridized carbons (Fsp3) is 0.577. The number of hydrogen-bond donors (Lipinski definition) is 1. The number of piperidine rings is 1. The summed E-state index contributed by atoms with van der Waals surface area (Å²) < 4.78 is 5.33. The molecular weight excluding hydrogens is 484 g/mol. The highest BCUT2D eigenvalue weighted by Gasteiger charge is 2.52. The summed E-state index contributed by atoms with van der Waals surface area (Å²) in [5.74, 6) is 0.753. The van der Waals surface area contributed by atoms with Gasteiger partial charge in [0.1, 0.15) is 6.04 Å². The van der Waals surface area contributed by atoms with Gasteiger partial charge in [0.2, 0.25) is 11.8 Å². The minimum absolute atomic E-state index is 0.0517. The number of anilines is 1. The molecule has 2 aliphatic heterocycles. The second kappa shape index (κ2) is 9.71. The largest absolute Gasteiger partial charge is 0.378 e. The number of halogens is 1. The lowest BCUT2D eigenvalue weighted by Crippen LogP contribution is -2.59. The third kappa shape index (κ3) is 4.68. The number of carbonyl (C=O) groups excluding carboxylic acids is 2. The molecule has 3 atom stereocenters. The summed E-state index contributed by atoms with van der Waals surface area (Å²) in [6, 6.07) is 5.80. The van der Waals surface area contributed by atoms with Crippen molar-refractivity contribution >= 4 is 39.9 Å². The van der Waals surface area contributed by atoms with Crippen LogP contribution < -0.4 is 5.32 Å². The number of nitrogens with one attached hydrogen (secondary N) is 1. The quantitative estimate of drug-likeness (QED) is 0.630. The van der Waals surface area contributed by atoms with Gasteiger partial charge in [0.15, 0.2) is 5.13 Å². The van der Waals surface area contributed by atoms with E-state index in [1.54, 1.807) is 0 Å². The zero-order chi connectivity index (χ0) is 24.7. The van der Waals surface area contributed by atoms with E-state index in [1.807, 2.05) is 21.2 Å². The third-order valence-corrected chi connectivity index (χ3v) is 8.81. The first-order valence-corrected chi connectivity index (χ1v) is 13.7. The van der Waals surface area contributed by atoms with Gasteiger partial charge in [-0.3, -0.25) is 9.59 Å². The summed E-state index contributed by atoms with van der Waals surface area (Å²) in [6.45, 7) is 10.2. The van der Waals surface area contributed by atoms with Crippen molar-refractivity contribution in [3.05, 3.63) is 45.4 Å². The zero-order valence-electron chi connectivity index (χ0n) is 20.6. The number of fused-ring (bicyclic) bond motifs is 4. The van der Waals surface area contributed by atoms with Crippen LogP contribution in [0.3, 0.4) is 0 Å². The van der Waals surface area contributed by atoms with Crippen LogP contribution in [-0.2, 0) is 26.2 Å². The Morgan fingerprint density at radius 1 is 1.26 bits per heavy atom. The van der Waals surface area contributed by atoms with E-state index in [1.165, 1.54) is 22.5 Å². The molecular formula is C26H33ClN4O3S. The second-order valence-corrected chi connectivity index (χ2v) is 11.7. The fourth-order valence-electron chi connectivity index (χ4n) is 5.78. The van der Waals surface area contributed by atoms with Gasteiger partial charge in [0.25, 0.3) is 0 Å². The van der Waals surface area contributed by atoms with Crippen LogP contribution in [0.15, 0.2) is 23.6 Å². The molecule has 7 nitrogen and oxygen atoms in total. The van der Waals surface area contributed by atoms with E-state index in [0.717, 1.165) is 23.7 Å². The molecule has 2 amide bonds. The first-order chi connectivity index (χ1) is 16.8. The van der Waals surface area contributed by atoms with E-state index in [9.17, 15) is 9.59 Å². The number of amides is 2. The first-order valence-electron chi connectivity index (χ1n) is 12.4. The molecule has 0 bridgehead atoms. The number of likely N-dealkylation sites (tertiary alicyclic amines) is 1. The van der Waals surface area contributed by atoms with E-state index < -0.39 is 0 Å². The zero-order valence-corrected chi connectivity index (χ0v) is 22.1. The summed E-state index contributed by atoms with van der Waals surface area (Å²) in [4.78, 5) is 34.7. The number of nitrogens with zero attached hydrogens (tertiary/aromatic N) is 3. The van der Waals surface area contributed by atoms with Gasteiger partial charge in [-0.05, 0) is 41.5 Å². The van der Waals surface area contributed by atoms with Crippen molar-refractivity contribution in [2.45, 2.75) is 51.0 Å². The van der Waals surface area contributed by atoms with Gasteiger partial charge in [-0.25, -0.2) is 4.98 Å². The molecule has 1 N–H and O–H groups in total. The van der Waals surface area contributed by atoms with Crippen LogP contribution in [-0.4, -0.2) is 72.0 Å². The molecule has 5 rings (SSSR count). The molecule has 1 aliphatic carbocycles. The van der Waals surface area contributed by atoms with Crippen molar-refractivity contribution in [2.75, 3.05) is 44.7 Å². The normalized spacial score (nSPS) is 24.4. The van der Waals surface area contributed by atoms with E-state index in [-0.39, 0.29) is 35.6 Å². The Hall–Kier alpha value is -2.16. The molecule has 9 heteroatoms. The molecule has 35 heavy (non-hydrogen) atoms. The average Bonchev–Trinajstić information content (AvgIpc) is 3.29. The highest BCUT2D eigenvalue weighted by molar-refractivity contribution is 7.13. The predicted octanol–water partition coefficient (Wildman–Crippen LogP) is 3.92. The maximum Gasteiger partial charge on any atom is 0.245 e. The van der Waals surface area contributed by atoms with Crippen LogP contribution in [0.4, 0.5) is 5.13 Å². The van der Waals surface area contributed by atoms with Gasteiger partial charge in [0, 0.05) is 42.0 Å². The number of rotatable bonds is 6. The molecule has 0 spiro atoms. The first kappa shape index (κ1) is 24.5. The van der Waals surface area contributed by atoms with Crippen molar-refractivity contribution in [1.29, 1.82) is 0 Å². The Labute approximate surface area is 215 Å². The van der Waals surface area contributed by atoms with Crippen LogP contribution in [0.5, 0.6) is 0 Å². The summed E-state index contributed by atoms with van der Waals surface area (Å²) in [5, 5.41) is 6.72. The maximum absolute atomic E-state index is 13.7. The monoisotopic (exact) mass is 516 g/mol. The number of ether oxygens (including phenoxy) is 1. The highest BCUT2D eigenvalue weighted by atomic mass is 35.5. The molecule has 0 saturated carbocycles. The molecule has 2 aromatic rings. The average molecular weight is 517 g/mol. The molecule has 2 saturated heterocycles. The number of morpholine rings is 1. The number of carbonyl (C=O) groups is 2. The van der Waals surface area contributed by atoms with Crippen LogP contribution in [0.1, 0.15) is 49.9 Å². The van der Waals surface area contributed by atoms with Gasteiger partial charge in [-0.1, -0.05) is 38.4 Å². The second-order valence-electron chi connectivity index (χ2n) is 10.4. The third-order valence-electron chi connectivity index (χ3n) is 7.75. The molecule has 3 aliphatic rings. The lowest BCUT2D eigenvalue weighted by Gasteiger charge is -2.55. The van der Waals surface area contributed by atoms with E-state index in [0.29, 0.717) is 43.9 Å². The topological polar surface area (TPSA) is 74.8 Å². The van der Waals surface area contributed by atoms with Crippen LogP contribution in [0.25, 0.3) is 0 Å². The van der Waals surface area contributed by atoms with Gasteiger partial charge in [-0.15, -0.1) is 11.3 Å². The van der Waals surface area contributed by atoms with E-state index >= 15 is 0 Å². The predicted molar refractivity (Wildman–Crippen MR) is 138 cm³/mol. The highest BCUT2D eigenvalue weighted by Crippen LogP contribution is 2.56. The summed E-state index contributed by atoms with van der Waals surface area (Å²) >= 11 is 7.73. The maximum atomic E-state index is 13.7. The van der Waals surface area contributed by atoms with Gasteiger partial charge in [0.05, 0.1) is 25.3 Å². The number of thiazole rings is 1. The van der Waals surface area contributed by atoms with Crippen LogP contribution in [0.2, 0.25) is 5.02 Å². The Balaban J connectivity index is 1.24. The number of aromatic nitrogens is 1. The van der Waals surface area contributed by atoms with E-state index in [4.69, 9.17) is 16.3 Å². The van der Waals surface area contributed by atoms with Gasteiger partial charge >= 0.3 is 0 Å². The molecule has 1 aromatic carbocycles. The smallest absolute Gasteiger partial charge is 0.245 e. The Morgan fingerprint density at radius 3 is 2.77 bits per heavy atom. The minimum atomic E-state index is -0.372. The summed E-state index contributed by atoms with van der Waals surface area (Å²) in [5.41, 5.74) is 3.34. The van der Waals surface area contributed by atoms with E-state index in [2.05, 4.69) is 43.2 Å². The van der Waals surface area contributed by atoms with Crippen molar-refractivity contribution in [1.82, 2.24) is 14.8 Å². The summed E-state index contributed by atoms with van der Waals surface area (Å²) in [7, 11) is 0. The molecule has 3 heterocycles. The Morgan fingerprint density at radius 2 is 2.03 bits per heavy atom. The van der Waals surface area contributed by atoms with Crippen LogP contribution in [0, 0.1) is 5.92 Å². The van der Waals surface area contributed by atoms with Crippen molar-refractivity contribution in [3.63, 3.8) is 0 Å². The Bertz CT molecular complexity index is 1120. The molecule has 188 valence electrons. The lowest BCUT2D eigenvalue weighted by molar-refractivity contribution is -0.136. The van der Waals surface area contributed by atoms with Gasteiger partial charge in [-0.2, -0.15) is 0 Å². The molecule has 2 fully saturated rings. The van der Waals surface area contributed by atoms with Crippen molar-refractivity contribution in [2.24, 2.45) is 5.92 Å². The minimum Gasteiger partial charge on any atom is -0.378 e. The molecule has 2 unspecified atom stereocenters. The standard InChI is InChI=1S/C26H33ClN4O3S/c1-16(2)23(29-25-28-18(14-35-25)13-22(32)30-8-10-34-11-9-30)24(33)31-7-6-20-19-5-4-17(27)12-21(19)26(20,3)15-31/h4-5,12,14,16,20,23H,6-11,13,15H2,1-3H3,(H,28,29)/t20?,23-,26?/m1/s1. The SMILES string of the molecule is CC(C)[C@@H](Nc1nc(CC(=O)N2CCOCC2)cs1)C(=O)N1CCC2c3ccc(Cl)cc3C2(C)C1. The van der Waals surface area contributed by atoms with Gasteiger partial charge < -0.3 is 19.9 Å². The number of benzene rings is 1. The Kier molecular flexibility index (Phi) is 6.81. The molecule has 0 radical (unpaired) electrons. The summed E-state index contributed by atoms with van der Waals surface area (Å²) in [6.07, 6.45) is 1.24. The number of hydrogen-bond acceptors (Lipinski definition) is 6. The fourth-order valence-corrected chi connectivity index (χ4v) is 6.70. The molecule has 1 aromatic heterocycles. The lowest BCUT2D eigenvalue weighted by atomic mass is 9.54.